The number of carbonyl (C=O) groups is 1. The fraction of sp³-hybridized carbons (Fsp3) is 0.222. The van der Waals surface area contributed by atoms with Crippen molar-refractivity contribution in [3.8, 4) is 6.07 Å². The Hall–Kier alpha value is -2.59. The van der Waals surface area contributed by atoms with Gasteiger partial charge in [-0.1, -0.05) is 23.9 Å². The minimum Gasteiger partial charge on any atom is -0.461 e. The lowest BCUT2D eigenvalue weighted by Gasteiger charge is -2.09. The predicted octanol–water partition coefficient (Wildman–Crippen LogP) is 4.90. The van der Waals surface area contributed by atoms with Gasteiger partial charge in [-0.15, -0.1) is 0 Å². The van der Waals surface area contributed by atoms with Gasteiger partial charge >= 0.3 is 0 Å². The first-order chi connectivity index (χ1) is 11.9. The Morgan fingerprint density at radius 1 is 1.36 bits per heavy atom. The van der Waals surface area contributed by atoms with Crippen LogP contribution < -0.4 is 5.32 Å². The van der Waals surface area contributed by atoms with Crippen LogP contribution in [0.25, 0.3) is 6.08 Å². The zero-order valence-corrected chi connectivity index (χ0v) is 14.5. The Morgan fingerprint density at radius 2 is 2.12 bits per heavy atom. The number of thioether (sulfide) groups is 1. The molecule has 7 heteroatoms. The van der Waals surface area contributed by atoms with Crippen LogP contribution in [0.3, 0.4) is 0 Å². The molecule has 0 aliphatic heterocycles. The highest BCUT2D eigenvalue weighted by Gasteiger charge is 2.13. The zero-order chi connectivity index (χ0) is 18.4. The molecule has 0 bridgehead atoms. The minimum absolute atomic E-state index is 0.0159. The van der Waals surface area contributed by atoms with E-state index in [1.54, 1.807) is 12.1 Å². The molecule has 130 valence electrons. The molecule has 25 heavy (non-hydrogen) atoms. The van der Waals surface area contributed by atoms with Crippen LogP contribution in [0.2, 0.25) is 0 Å². The van der Waals surface area contributed by atoms with Crippen molar-refractivity contribution in [1.82, 2.24) is 0 Å². The number of furan rings is 1. The number of amides is 1. The van der Waals surface area contributed by atoms with Gasteiger partial charge in [-0.2, -0.15) is 14.0 Å². The van der Waals surface area contributed by atoms with Gasteiger partial charge < -0.3 is 9.73 Å². The molecule has 1 aromatic heterocycles. The van der Waals surface area contributed by atoms with Crippen LogP contribution in [0.4, 0.5) is 14.5 Å². The highest BCUT2D eigenvalue weighted by atomic mass is 32.2. The molecule has 2 aromatic rings. The van der Waals surface area contributed by atoms with Gasteiger partial charge in [0.15, 0.2) is 0 Å². The molecule has 4 nitrogen and oxygen atoms in total. The lowest BCUT2D eigenvalue weighted by molar-refractivity contribution is -0.112. The summed E-state index contributed by atoms with van der Waals surface area (Å²) in [4.78, 5) is 12.3. The van der Waals surface area contributed by atoms with E-state index >= 15 is 0 Å². The quantitative estimate of drug-likeness (QED) is 0.586. The second kappa shape index (κ2) is 8.49. The Kier molecular flexibility index (Phi) is 6.37. The van der Waals surface area contributed by atoms with Crippen molar-refractivity contribution in [2.24, 2.45) is 0 Å². The van der Waals surface area contributed by atoms with E-state index in [9.17, 15) is 18.8 Å². The number of nitrogens with zero attached hydrogens (tertiary/aromatic N) is 1. The first-order valence-corrected chi connectivity index (χ1v) is 8.43. The van der Waals surface area contributed by atoms with Crippen LogP contribution >= 0.6 is 11.8 Å². The lowest BCUT2D eigenvalue weighted by atomic mass is 10.1. The molecular weight excluding hydrogens is 346 g/mol. The fourth-order valence-electron chi connectivity index (χ4n) is 2.06. The molecular formula is C18H16F2N2O2S. The van der Waals surface area contributed by atoms with E-state index in [1.807, 2.05) is 32.0 Å². The maximum Gasteiger partial charge on any atom is 0.284 e. The summed E-state index contributed by atoms with van der Waals surface area (Å²) in [6, 6.07) is 10.4. The summed E-state index contributed by atoms with van der Waals surface area (Å²) in [6.07, 6.45) is 1.29. The number of aryl methyl sites for hydroxylation is 1. The number of alkyl halides is 2. The maximum absolute atomic E-state index is 12.3. The summed E-state index contributed by atoms with van der Waals surface area (Å²) in [7, 11) is 0. The van der Waals surface area contributed by atoms with Gasteiger partial charge in [0.2, 0.25) is 0 Å². The predicted molar refractivity (Wildman–Crippen MR) is 94.1 cm³/mol. The lowest BCUT2D eigenvalue weighted by Crippen LogP contribution is -2.14. The molecule has 0 atom stereocenters. The monoisotopic (exact) mass is 362 g/mol. The van der Waals surface area contributed by atoms with Gasteiger partial charge in [0, 0.05) is 11.8 Å². The van der Waals surface area contributed by atoms with Crippen molar-refractivity contribution >= 4 is 29.4 Å². The third kappa shape index (κ3) is 5.19. The number of hydrogen-bond acceptors (Lipinski definition) is 4. The van der Waals surface area contributed by atoms with Crippen LogP contribution in [0.15, 0.2) is 40.3 Å². The molecule has 0 aliphatic carbocycles. The second-order valence-corrected chi connectivity index (χ2v) is 6.23. The molecule has 0 saturated carbocycles. The summed E-state index contributed by atoms with van der Waals surface area (Å²) >= 11 is 0.441. The highest BCUT2D eigenvalue weighted by Crippen LogP contribution is 2.23. The third-order valence-corrected chi connectivity index (χ3v) is 4.24. The van der Waals surface area contributed by atoms with Gasteiger partial charge in [-0.3, -0.25) is 4.79 Å². The molecule has 1 amide bonds. The number of halogens is 2. The van der Waals surface area contributed by atoms with Gasteiger partial charge in [0.1, 0.15) is 23.2 Å². The number of nitriles is 1. The third-order valence-electron chi connectivity index (χ3n) is 3.54. The first kappa shape index (κ1) is 18.7. The number of benzene rings is 1. The van der Waals surface area contributed by atoms with Gasteiger partial charge in [0.25, 0.3) is 11.7 Å². The van der Waals surface area contributed by atoms with E-state index in [2.05, 4.69) is 5.32 Å². The number of hydrogen-bond donors (Lipinski definition) is 1. The van der Waals surface area contributed by atoms with Crippen molar-refractivity contribution in [3.05, 3.63) is 58.6 Å². The normalized spacial score (nSPS) is 11.4. The van der Waals surface area contributed by atoms with E-state index in [1.165, 1.54) is 12.1 Å². The van der Waals surface area contributed by atoms with E-state index in [0.29, 0.717) is 23.2 Å². The summed E-state index contributed by atoms with van der Waals surface area (Å²) in [5, 5.41) is 11.9. The number of nitrogens with one attached hydrogen (secondary N) is 1. The summed E-state index contributed by atoms with van der Waals surface area (Å²) in [5.41, 5.74) is 2.42. The number of rotatable bonds is 6. The van der Waals surface area contributed by atoms with Gasteiger partial charge in [0.05, 0.1) is 5.75 Å². The maximum atomic E-state index is 12.3. The van der Waals surface area contributed by atoms with Gasteiger partial charge in [-0.25, -0.2) is 0 Å². The number of anilines is 1. The minimum atomic E-state index is -2.48. The average Bonchev–Trinajstić information content (AvgIpc) is 3.02. The van der Waals surface area contributed by atoms with Crippen LogP contribution in [0.1, 0.15) is 22.6 Å². The molecule has 2 rings (SSSR count). The highest BCUT2D eigenvalue weighted by molar-refractivity contribution is 7.98. The molecule has 1 heterocycles. The molecule has 0 spiro atoms. The molecule has 0 unspecified atom stereocenters. The molecule has 1 aromatic carbocycles. The smallest absolute Gasteiger partial charge is 0.284 e. The van der Waals surface area contributed by atoms with E-state index < -0.39 is 11.7 Å². The van der Waals surface area contributed by atoms with E-state index in [0.717, 1.165) is 11.1 Å². The van der Waals surface area contributed by atoms with E-state index in [4.69, 9.17) is 4.42 Å². The first-order valence-electron chi connectivity index (χ1n) is 7.38. The van der Waals surface area contributed by atoms with Crippen LogP contribution in [0, 0.1) is 25.2 Å². The molecule has 0 saturated heterocycles. The van der Waals surface area contributed by atoms with Crippen LogP contribution in [-0.4, -0.2) is 11.7 Å². The van der Waals surface area contributed by atoms with E-state index in [-0.39, 0.29) is 17.1 Å². The molecule has 0 fully saturated rings. The zero-order valence-electron chi connectivity index (χ0n) is 13.7. The summed E-state index contributed by atoms with van der Waals surface area (Å²) in [6.45, 7) is 3.80. The van der Waals surface area contributed by atoms with Crippen molar-refractivity contribution in [2.75, 3.05) is 5.32 Å². The Balaban J connectivity index is 2.13. The van der Waals surface area contributed by atoms with Crippen molar-refractivity contribution in [1.29, 1.82) is 5.26 Å². The van der Waals surface area contributed by atoms with Crippen molar-refractivity contribution in [2.45, 2.75) is 25.4 Å². The van der Waals surface area contributed by atoms with Crippen LogP contribution in [-0.2, 0) is 10.5 Å². The summed E-state index contributed by atoms with van der Waals surface area (Å²) in [5.74, 6) is -2.42. The van der Waals surface area contributed by atoms with Crippen molar-refractivity contribution in [3.63, 3.8) is 0 Å². The molecule has 0 radical (unpaired) electrons. The topological polar surface area (TPSA) is 66.0 Å². The second-order valence-electron chi connectivity index (χ2n) is 5.25. The number of carbonyl (C=O) groups excluding carboxylic acids is 1. The summed E-state index contributed by atoms with van der Waals surface area (Å²) < 4.78 is 29.7. The fourth-order valence-corrected chi connectivity index (χ4v) is 2.51. The Morgan fingerprint density at radius 3 is 2.80 bits per heavy atom. The molecule has 1 N–H and O–H groups in total. The average molecular weight is 362 g/mol. The SMILES string of the molecule is Cc1cccc(NC(=O)/C(C#N)=C/c2ccc(CSC(F)F)o2)c1C. The van der Waals surface area contributed by atoms with Gasteiger partial charge in [-0.05, 0) is 43.2 Å². The Bertz CT molecular complexity index is 838. The standard InChI is InChI=1S/C18H16F2N2O2S/c1-11-4-3-5-16(12(11)2)22-17(23)13(9-21)8-14-6-7-15(24-14)10-25-18(19)20/h3-8,18H,10H2,1-2H3,(H,22,23)/b13-8+. The molecule has 0 aliphatic rings. The Labute approximate surface area is 148 Å². The van der Waals surface area contributed by atoms with Crippen molar-refractivity contribution < 1.29 is 18.0 Å². The largest absolute Gasteiger partial charge is 0.461 e. The van der Waals surface area contributed by atoms with Crippen LogP contribution in [0.5, 0.6) is 0 Å².